The van der Waals surface area contributed by atoms with E-state index in [0.717, 1.165) is 24.3 Å². The van der Waals surface area contributed by atoms with Crippen molar-refractivity contribution in [2.45, 2.75) is 44.6 Å². The molecule has 32 heavy (non-hydrogen) atoms. The van der Waals surface area contributed by atoms with Gasteiger partial charge in [0.25, 0.3) is 0 Å². The second-order valence-electron chi connectivity index (χ2n) is 7.84. The lowest BCUT2D eigenvalue weighted by molar-refractivity contribution is 0.415. The van der Waals surface area contributed by atoms with E-state index in [1.165, 1.54) is 25.7 Å². The van der Waals surface area contributed by atoms with Gasteiger partial charge in [0.05, 0.1) is 12.1 Å². The second-order valence-corrected chi connectivity index (χ2v) is 8.24. The predicted octanol–water partition coefficient (Wildman–Crippen LogP) is 5.57. The molecule has 4 rings (SSSR count). The van der Waals surface area contributed by atoms with E-state index in [2.05, 4.69) is 30.6 Å². The number of pyridine rings is 1. The summed E-state index contributed by atoms with van der Waals surface area (Å²) in [5, 5.41) is 7.28. The van der Waals surface area contributed by atoms with Crippen LogP contribution in [0.5, 0.6) is 5.75 Å². The van der Waals surface area contributed by atoms with E-state index >= 15 is 0 Å². The Morgan fingerprint density at radius 3 is 2.47 bits per heavy atom. The summed E-state index contributed by atoms with van der Waals surface area (Å²) in [6, 6.07) is 11.5. The summed E-state index contributed by atoms with van der Waals surface area (Å²) in [7, 11) is 3.48. The summed E-state index contributed by atoms with van der Waals surface area (Å²) < 4.78 is 5.24. The van der Waals surface area contributed by atoms with Gasteiger partial charge in [0.2, 0.25) is 17.8 Å². The summed E-state index contributed by atoms with van der Waals surface area (Å²) in [4.78, 5) is 20.2. The van der Waals surface area contributed by atoms with Gasteiger partial charge in [0.15, 0.2) is 0 Å². The zero-order chi connectivity index (χ0) is 22.3. The maximum Gasteiger partial charge on any atom is 0.237 e. The van der Waals surface area contributed by atoms with E-state index < -0.39 is 0 Å². The Kier molecular flexibility index (Phi) is 7.21. The number of anilines is 5. The molecule has 1 fully saturated rings. The second kappa shape index (κ2) is 10.5. The lowest BCUT2D eigenvalue weighted by atomic mass is 10.1. The van der Waals surface area contributed by atoms with Gasteiger partial charge in [-0.05, 0) is 43.2 Å². The van der Waals surface area contributed by atoms with Gasteiger partial charge in [-0.15, -0.1) is 0 Å². The van der Waals surface area contributed by atoms with Crippen LogP contribution in [0.1, 0.15) is 38.5 Å². The molecule has 8 nitrogen and oxygen atoms in total. The van der Waals surface area contributed by atoms with Gasteiger partial charge >= 0.3 is 0 Å². The van der Waals surface area contributed by atoms with Crippen molar-refractivity contribution < 1.29 is 4.74 Å². The average molecular weight is 454 g/mol. The van der Waals surface area contributed by atoms with Crippen LogP contribution in [0.25, 0.3) is 0 Å². The molecule has 2 aromatic heterocycles. The smallest absolute Gasteiger partial charge is 0.237 e. The van der Waals surface area contributed by atoms with Crippen LogP contribution in [0, 0.1) is 0 Å². The van der Waals surface area contributed by atoms with Gasteiger partial charge in [0, 0.05) is 25.0 Å². The van der Waals surface area contributed by atoms with Crippen molar-refractivity contribution in [1.29, 1.82) is 0 Å². The summed E-state index contributed by atoms with van der Waals surface area (Å²) in [6.07, 6.45) is 9.00. The van der Waals surface area contributed by atoms with Crippen LogP contribution < -0.4 is 20.3 Å². The summed E-state index contributed by atoms with van der Waals surface area (Å²) in [5.74, 6) is 2.83. The van der Waals surface area contributed by atoms with E-state index in [1.807, 2.05) is 36.2 Å². The highest BCUT2D eigenvalue weighted by Gasteiger charge is 2.17. The van der Waals surface area contributed by atoms with Crippen molar-refractivity contribution in [2.75, 3.05) is 29.7 Å². The van der Waals surface area contributed by atoms with Crippen molar-refractivity contribution >= 4 is 41.0 Å². The molecule has 0 amide bonds. The molecule has 0 atom stereocenters. The van der Waals surface area contributed by atoms with Crippen molar-refractivity contribution in [3.8, 4) is 5.75 Å². The molecular weight excluding hydrogens is 426 g/mol. The molecule has 1 aliphatic rings. The predicted molar refractivity (Wildman–Crippen MR) is 129 cm³/mol. The lowest BCUT2D eigenvalue weighted by Crippen LogP contribution is -2.22. The fraction of sp³-hybridized carbons (Fsp3) is 0.391. The number of rotatable bonds is 7. The molecule has 0 bridgehead atoms. The Morgan fingerprint density at radius 1 is 1.00 bits per heavy atom. The number of aromatic nitrogens is 4. The molecule has 2 heterocycles. The van der Waals surface area contributed by atoms with E-state index in [1.54, 1.807) is 25.4 Å². The Bertz CT molecular complexity index is 1030. The van der Waals surface area contributed by atoms with Crippen LogP contribution in [-0.4, -0.2) is 40.1 Å². The summed E-state index contributed by atoms with van der Waals surface area (Å²) in [5.41, 5.74) is 0.758. The van der Waals surface area contributed by atoms with Crippen molar-refractivity contribution in [1.82, 2.24) is 19.9 Å². The van der Waals surface area contributed by atoms with Crippen LogP contribution in [0.15, 0.2) is 42.6 Å². The fourth-order valence-electron chi connectivity index (χ4n) is 3.77. The molecule has 0 spiro atoms. The zero-order valence-corrected chi connectivity index (χ0v) is 19.1. The van der Waals surface area contributed by atoms with E-state index in [4.69, 9.17) is 16.3 Å². The number of benzene rings is 1. The number of halogens is 1. The number of hydrogen-bond acceptors (Lipinski definition) is 8. The third-order valence-electron chi connectivity index (χ3n) is 5.51. The van der Waals surface area contributed by atoms with Crippen molar-refractivity contribution in [2.24, 2.45) is 0 Å². The number of nitrogens with zero attached hydrogens (tertiary/aromatic N) is 5. The third-order valence-corrected chi connectivity index (χ3v) is 5.81. The summed E-state index contributed by atoms with van der Waals surface area (Å²) in [6.45, 7) is 0. The fourth-order valence-corrected chi connectivity index (χ4v) is 4.03. The van der Waals surface area contributed by atoms with Gasteiger partial charge in [0.1, 0.15) is 11.6 Å². The third kappa shape index (κ3) is 5.56. The first-order valence-electron chi connectivity index (χ1n) is 10.9. The number of ether oxygens (including phenoxy) is 1. The summed E-state index contributed by atoms with van der Waals surface area (Å²) >= 11 is 6.29. The molecule has 0 saturated heterocycles. The lowest BCUT2D eigenvalue weighted by Gasteiger charge is -2.20. The monoisotopic (exact) mass is 453 g/mol. The number of hydrogen-bond donors (Lipinski definition) is 2. The Hall–Kier alpha value is -3.13. The highest BCUT2D eigenvalue weighted by molar-refractivity contribution is 6.32. The highest BCUT2D eigenvalue weighted by atomic mass is 35.5. The molecule has 0 radical (unpaired) electrons. The van der Waals surface area contributed by atoms with Gasteiger partial charge in [-0.25, -0.2) is 4.98 Å². The molecule has 168 valence electrons. The molecule has 0 unspecified atom stereocenters. The molecule has 3 aromatic rings. The standard InChI is InChI=1S/C23H28ClN7O/c1-31(20-11-7-8-14-25-20)23-29-21(26-16-9-5-3-4-6-10-16)28-22(30-23)27-17-12-13-19(32-2)18(24)15-17/h7-8,11-16H,3-6,9-10H2,1-2H3,(H2,26,27,28,29,30). The number of nitrogens with one attached hydrogen (secondary N) is 2. The first-order chi connectivity index (χ1) is 15.6. The van der Waals surface area contributed by atoms with Crippen LogP contribution in [0.3, 0.4) is 0 Å². The topological polar surface area (TPSA) is 88.1 Å². The Balaban J connectivity index is 1.64. The normalized spacial score (nSPS) is 14.5. The molecular formula is C23H28ClN7O. The zero-order valence-electron chi connectivity index (χ0n) is 18.4. The highest BCUT2D eigenvalue weighted by Crippen LogP contribution is 2.29. The van der Waals surface area contributed by atoms with Gasteiger partial charge in [-0.1, -0.05) is 43.4 Å². The maximum absolute atomic E-state index is 6.29. The average Bonchev–Trinajstić information content (AvgIpc) is 3.08. The molecule has 2 N–H and O–H groups in total. The van der Waals surface area contributed by atoms with Crippen LogP contribution in [0.4, 0.5) is 29.4 Å². The largest absolute Gasteiger partial charge is 0.495 e. The van der Waals surface area contributed by atoms with Gasteiger partial charge < -0.3 is 15.4 Å². The Morgan fingerprint density at radius 2 is 1.78 bits per heavy atom. The van der Waals surface area contributed by atoms with E-state index in [9.17, 15) is 0 Å². The minimum absolute atomic E-state index is 0.358. The molecule has 0 aliphatic heterocycles. The quantitative estimate of drug-likeness (QED) is 0.448. The van der Waals surface area contributed by atoms with Crippen LogP contribution >= 0.6 is 11.6 Å². The van der Waals surface area contributed by atoms with Gasteiger partial charge in [-0.3, -0.25) is 4.90 Å². The molecule has 1 aromatic carbocycles. The Labute approximate surface area is 193 Å². The minimum atomic E-state index is 0.358. The maximum atomic E-state index is 6.29. The van der Waals surface area contributed by atoms with Crippen molar-refractivity contribution in [3.63, 3.8) is 0 Å². The molecule has 1 aliphatic carbocycles. The van der Waals surface area contributed by atoms with E-state index in [-0.39, 0.29) is 0 Å². The molecule has 1 saturated carbocycles. The van der Waals surface area contributed by atoms with E-state index in [0.29, 0.717) is 34.7 Å². The van der Waals surface area contributed by atoms with Crippen LogP contribution in [0.2, 0.25) is 5.02 Å². The minimum Gasteiger partial charge on any atom is -0.495 e. The van der Waals surface area contributed by atoms with Gasteiger partial charge in [-0.2, -0.15) is 15.0 Å². The van der Waals surface area contributed by atoms with Crippen LogP contribution in [-0.2, 0) is 0 Å². The number of methoxy groups -OCH3 is 1. The first-order valence-corrected chi connectivity index (χ1v) is 11.3. The SMILES string of the molecule is COc1ccc(Nc2nc(NC3CCCCCC3)nc(N(C)c3ccccn3)n2)cc1Cl. The first kappa shape index (κ1) is 22.1. The molecule has 9 heteroatoms. The van der Waals surface area contributed by atoms with Crippen molar-refractivity contribution in [3.05, 3.63) is 47.6 Å².